The smallest absolute Gasteiger partial charge is 0.163 e. The minimum atomic E-state index is -0.304. The lowest BCUT2D eigenvalue weighted by Crippen LogP contribution is -2.01. The maximum absolute atomic E-state index is 11.8. The van der Waals surface area contributed by atoms with Crippen molar-refractivity contribution >= 4 is 46.9 Å². The van der Waals surface area contributed by atoms with E-state index in [0.717, 1.165) is 11.1 Å². The van der Waals surface area contributed by atoms with Gasteiger partial charge in [-0.2, -0.15) is 0 Å². The summed E-state index contributed by atoms with van der Waals surface area (Å²) in [4.78, 5) is 23.6. The molecule has 5 heteroatoms. The number of carbonyl (C=O) groups excluding carboxylic acids is 2. The summed E-state index contributed by atoms with van der Waals surface area (Å²) in [5.74, 6) is -0.450. The zero-order valence-electron chi connectivity index (χ0n) is 12.6. The Morgan fingerprint density at radius 2 is 1.38 bits per heavy atom. The normalized spacial score (nSPS) is 11.2. The fourth-order valence-electron chi connectivity index (χ4n) is 1.87. The van der Waals surface area contributed by atoms with Gasteiger partial charge in [0.2, 0.25) is 0 Å². The van der Waals surface area contributed by atoms with Crippen LogP contribution in [0, 0.1) is 0 Å². The molecule has 0 aliphatic rings. The molecule has 3 nitrogen and oxygen atoms in total. The van der Waals surface area contributed by atoms with Crippen molar-refractivity contribution in [2.45, 2.75) is 6.42 Å². The number of rotatable bonds is 6. The van der Waals surface area contributed by atoms with Crippen molar-refractivity contribution in [2.24, 2.45) is 0 Å². The van der Waals surface area contributed by atoms with E-state index in [-0.39, 0.29) is 23.7 Å². The highest BCUT2D eigenvalue weighted by molar-refractivity contribution is 6.42. The lowest BCUT2D eigenvalue weighted by Gasteiger charge is -1.97. The van der Waals surface area contributed by atoms with E-state index in [1.165, 1.54) is 24.3 Å². The van der Waals surface area contributed by atoms with Crippen LogP contribution in [0.25, 0.3) is 12.2 Å². The summed E-state index contributed by atoms with van der Waals surface area (Å²) >= 11 is 11.7. The third-order valence-electron chi connectivity index (χ3n) is 3.11. The number of phenols is 1. The first-order valence-corrected chi connectivity index (χ1v) is 7.85. The minimum absolute atomic E-state index is 0.154. The Morgan fingerprint density at radius 1 is 0.833 bits per heavy atom. The molecule has 0 aliphatic heterocycles. The highest BCUT2D eigenvalue weighted by Gasteiger charge is 2.04. The van der Waals surface area contributed by atoms with Gasteiger partial charge in [0.15, 0.2) is 11.6 Å². The Morgan fingerprint density at radius 3 is 1.96 bits per heavy atom. The Balaban J connectivity index is 1.91. The quantitative estimate of drug-likeness (QED) is 0.585. The highest BCUT2D eigenvalue weighted by Crippen LogP contribution is 2.23. The number of hydrogen-bond acceptors (Lipinski definition) is 3. The van der Waals surface area contributed by atoms with E-state index < -0.39 is 0 Å². The van der Waals surface area contributed by atoms with Crippen molar-refractivity contribution in [1.82, 2.24) is 0 Å². The Bertz CT molecular complexity index is 806. The second kappa shape index (κ2) is 8.48. The monoisotopic (exact) mass is 360 g/mol. The molecule has 0 aliphatic carbocycles. The van der Waals surface area contributed by atoms with Crippen LogP contribution in [0.15, 0.2) is 54.6 Å². The molecule has 0 heterocycles. The third-order valence-corrected chi connectivity index (χ3v) is 3.85. The molecular weight excluding hydrogens is 347 g/mol. The van der Waals surface area contributed by atoms with Gasteiger partial charge in [0, 0.05) is 0 Å². The Kier molecular flexibility index (Phi) is 6.36. The van der Waals surface area contributed by atoms with Crippen LogP contribution in [0.5, 0.6) is 5.75 Å². The van der Waals surface area contributed by atoms with Gasteiger partial charge in [0.1, 0.15) is 5.75 Å². The number of allylic oxidation sites excluding steroid dienone is 2. The molecule has 2 aromatic carbocycles. The number of ketones is 2. The molecule has 0 amide bonds. The molecule has 0 radical (unpaired) electrons. The fraction of sp³-hybridized carbons (Fsp3) is 0.0526. The van der Waals surface area contributed by atoms with Gasteiger partial charge in [-0.3, -0.25) is 9.59 Å². The molecule has 0 fully saturated rings. The number of phenolic OH excluding ortho intramolecular Hbond substituents is 1. The van der Waals surface area contributed by atoms with Gasteiger partial charge in [-0.25, -0.2) is 0 Å². The number of carbonyl (C=O) groups is 2. The lowest BCUT2D eigenvalue weighted by atomic mass is 10.1. The van der Waals surface area contributed by atoms with Crippen molar-refractivity contribution in [3.63, 3.8) is 0 Å². The van der Waals surface area contributed by atoms with E-state index in [4.69, 9.17) is 23.2 Å². The summed E-state index contributed by atoms with van der Waals surface area (Å²) in [6, 6.07) is 11.4. The highest BCUT2D eigenvalue weighted by atomic mass is 35.5. The first-order chi connectivity index (χ1) is 11.4. The Labute approximate surface area is 149 Å². The summed E-state index contributed by atoms with van der Waals surface area (Å²) in [6.07, 6.45) is 5.65. The summed E-state index contributed by atoms with van der Waals surface area (Å²) in [5.41, 5.74) is 1.49. The van der Waals surface area contributed by atoms with Gasteiger partial charge >= 0.3 is 0 Å². The molecule has 2 aromatic rings. The van der Waals surface area contributed by atoms with E-state index in [1.807, 2.05) is 0 Å². The van der Waals surface area contributed by atoms with E-state index in [2.05, 4.69) is 0 Å². The molecule has 0 unspecified atom stereocenters. The number of halogens is 2. The predicted octanol–water partition coefficient (Wildman–Crippen LogP) is 4.95. The largest absolute Gasteiger partial charge is 0.508 e. The number of hydrogen-bond donors (Lipinski definition) is 1. The van der Waals surface area contributed by atoms with Gasteiger partial charge in [0.25, 0.3) is 0 Å². The summed E-state index contributed by atoms with van der Waals surface area (Å²) in [6.45, 7) is 0. The average Bonchev–Trinajstić information content (AvgIpc) is 2.55. The first-order valence-electron chi connectivity index (χ1n) is 7.10. The van der Waals surface area contributed by atoms with Gasteiger partial charge in [-0.05, 0) is 47.5 Å². The predicted molar refractivity (Wildman–Crippen MR) is 97.3 cm³/mol. The van der Waals surface area contributed by atoms with Gasteiger partial charge in [-0.15, -0.1) is 0 Å². The van der Waals surface area contributed by atoms with Crippen LogP contribution in [-0.4, -0.2) is 16.7 Å². The molecule has 1 N–H and O–H groups in total. The number of aromatic hydroxyl groups is 1. The van der Waals surface area contributed by atoms with Crippen LogP contribution >= 0.6 is 23.2 Å². The van der Waals surface area contributed by atoms with E-state index in [9.17, 15) is 14.7 Å². The zero-order valence-corrected chi connectivity index (χ0v) is 14.1. The molecule has 0 atom stereocenters. The molecule has 24 heavy (non-hydrogen) atoms. The molecule has 0 saturated carbocycles. The van der Waals surface area contributed by atoms with E-state index in [0.29, 0.717) is 10.0 Å². The molecule has 0 saturated heterocycles. The molecular formula is C19H14Cl2O3. The zero-order chi connectivity index (χ0) is 17.5. The summed E-state index contributed by atoms with van der Waals surface area (Å²) < 4.78 is 0. The summed E-state index contributed by atoms with van der Waals surface area (Å²) in [7, 11) is 0. The van der Waals surface area contributed by atoms with E-state index >= 15 is 0 Å². The van der Waals surface area contributed by atoms with Crippen LogP contribution in [0.4, 0.5) is 0 Å². The van der Waals surface area contributed by atoms with Gasteiger partial charge in [0.05, 0.1) is 16.5 Å². The van der Waals surface area contributed by atoms with E-state index in [1.54, 1.807) is 42.5 Å². The third kappa shape index (κ3) is 5.69. The Hall–Kier alpha value is -2.36. The topological polar surface area (TPSA) is 54.4 Å². The maximum atomic E-state index is 11.8. The fourth-order valence-corrected chi connectivity index (χ4v) is 2.18. The molecule has 0 aromatic heterocycles. The van der Waals surface area contributed by atoms with Gasteiger partial charge in [-0.1, -0.05) is 53.6 Å². The van der Waals surface area contributed by atoms with Crippen LogP contribution in [0.1, 0.15) is 17.5 Å². The van der Waals surface area contributed by atoms with Crippen LogP contribution in [0.3, 0.4) is 0 Å². The van der Waals surface area contributed by atoms with Crippen molar-refractivity contribution < 1.29 is 14.7 Å². The van der Waals surface area contributed by atoms with Crippen LogP contribution < -0.4 is 0 Å². The van der Waals surface area contributed by atoms with Crippen LogP contribution in [-0.2, 0) is 9.59 Å². The molecule has 122 valence electrons. The second-order valence-electron chi connectivity index (χ2n) is 5.04. The minimum Gasteiger partial charge on any atom is -0.508 e. The summed E-state index contributed by atoms with van der Waals surface area (Å²) in [5, 5.41) is 10.0. The van der Waals surface area contributed by atoms with Crippen molar-refractivity contribution in [3.05, 3.63) is 75.8 Å². The average molecular weight is 361 g/mol. The standard InChI is InChI=1S/C19H14Cl2O3/c20-18-10-5-14(11-19(18)21)4-9-17(24)12-16(23)8-3-13-1-6-15(22)7-2-13/h1-11,22H,12H2/b8-3+,9-4+. The molecule has 0 bridgehead atoms. The number of benzene rings is 2. The van der Waals surface area contributed by atoms with Gasteiger partial charge < -0.3 is 5.11 Å². The second-order valence-corrected chi connectivity index (χ2v) is 5.86. The molecule has 0 spiro atoms. The maximum Gasteiger partial charge on any atom is 0.163 e. The van der Waals surface area contributed by atoms with Crippen molar-refractivity contribution in [2.75, 3.05) is 0 Å². The van der Waals surface area contributed by atoms with Crippen LogP contribution in [0.2, 0.25) is 10.0 Å². The lowest BCUT2D eigenvalue weighted by molar-refractivity contribution is -0.121. The molecule has 2 rings (SSSR count). The van der Waals surface area contributed by atoms with Crippen molar-refractivity contribution in [3.8, 4) is 5.75 Å². The first kappa shape index (κ1) is 18.0. The van der Waals surface area contributed by atoms with Crippen molar-refractivity contribution in [1.29, 1.82) is 0 Å². The SMILES string of the molecule is O=C(/C=C/c1ccc(O)cc1)CC(=O)/C=C/c1ccc(Cl)c(Cl)c1.